The second kappa shape index (κ2) is 20.7. The van der Waals surface area contributed by atoms with Gasteiger partial charge in [-0.2, -0.15) is 0 Å². The number of hydrogen-bond acceptors (Lipinski definition) is 6. The molecular formula is C57H56N4O6. The number of carboxylic acids is 1. The minimum atomic E-state index is -1.14. The molecule has 10 heteroatoms. The number of hydrogen-bond donors (Lipinski definition) is 2. The number of amides is 2. The number of benzene rings is 6. The largest absolute Gasteiger partial charge is 0.481 e. The van der Waals surface area contributed by atoms with Crippen molar-refractivity contribution in [3.05, 3.63) is 221 Å². The van der Waals surface area contributed by atoms with Gasteiger partial charge in [-0.3, -0.25) is 14.4 Å². The van der Waals surface area contributed by atoms with E-state index in [2.05, 4.69) is 53.8 Å². The molecule has 340 valence electrons. The molecule has 2 amide bonds. The van der Waals surface area contributed by atoms with Gasteiger partial charge in [0, 0.05) is 38.4 Å². The Bertz CT molecular complexity index is 2650. The van der Waals surface area contributed by atoms with Gasteiger partial charge in [0.2, 0.25) is 5.91 Å². The fourth-order valence-electron chi connectivity index (χ4n) is 9.75. The topological polar surface area (TPSA) is 131 Å². The molecule has 0 aliphatic heterocycles. The van der Waals surface area contributed by atoms with E-state index < -0.39 is 47.3 Å². The van der Waals surface area contributed by atoms with Gasteiger partial charge in [-0.15, -0.1) is 0 Å². The second-order valence-electron chi connectivity index (χ2n) is 17.8. The monoisotopic (exact) mass is 892 g/mol. The summed E-state index contributed by atoms with van der Waals surface area (Å²) in [6.07, 6.45) is 2.98. The van der Waals surface area contributed by atoms with E-state index in [1.807, 2.05) is 146 Å². The van der Waals surface area contributed by atoms with Crippen molar-refractivity contribution < 1.29 is 29.0 Å². The molecule has 0 bridgehead atoms. The highest BCUT2D eigenvalue weighted by Gasteiger charge is 2.40. The molecule has 7 aromatic rings. The van der Waals surface area contributed by atoms with Crippen molar-refractivity contribution in [2.24, 2.45) is 11.8 Å². The number of fused-ring (bicyclic) bond motifs is 3. The molecule has 3 atom stereocenters. The SMILES string of the molecule is CC(C)C[C@H](CC(=O)[C@H](Cc1cn(C(c2ccccc2)(c2ccccc2)c2ccccc2)cn1)N(C)C(=O)[C@H](Cc1ccccc1)NC(=O)OCC1c2ccccc2-c2ccccc21)C(=O)O. The van der Waals surface area contributed by atoms with Crippen LogP contribution in [0.4, 0.5) is 4.79 Å². The molecule has 10 nitrogen and oxygen atoms in total. The number of rotatable bonds is 19. The molecule has 0 spiro atoms. The number of carbonyl (C=O) groups is 4. The third-order valence-corrected chi connectivity index (χ3v) is 13.0. The number of Topliss-reactive ketones (excluding diaryl/α,β-unsaturated/α-hetero) is 1. The predicted octanol–water partition coefficient (Wildman–Crippen LogP) is 9.95. The van der Waals surface area contributed by atoms with Gasteiger partial charge in [0.15, 0.2) is 5.78 Å². The third-order valence-electron chi connectivity index (χ3n) is 13.0. The number of likely N-dealkylation sites (N-methyl/N-ethyl adjacent to an activating group) is 1. The van der Waals surface area contributed by atoms with E-state index in [0.717, 1.165) is 44.5 Å². The lowest BCUT2D eigenvalue weighted by Gasteiger charge is -2.37. The Morgan fingerprint density at radius 1 is 0.701 bits per heavy atom. The first-order valence-electron chi connectivity index (χ1n) is 22.9. The smallest absolute Gasteiger partial charge is 0.407 e. The van der Waals surface area contributed by atoms with Gasteiger partial charge in [0.05, 0.1) is 24.0 Å². The summed E-state index contributed by atoms with van der Waals surface area (Å²) >= 11 is 0. The maximum absolute atomic E-state index is 15.0. The Balaban J connectivity index is 1.12. The molecule has 0 fully saturated rings. The molecule has 1 heterocycles. The lowest BCUT2D eigenvalue weighted by molar-refractivity contribution is -0.146. The third kappa shape index (κ3) is 9.99. The fourth-order valence-corrected chi connectivity index (χ4v) is 9.75. The fraction of sp³-hybridized carbons (Fsp3) is 0.246. The second-order valence-corrected chi connectivity index (χ2v) is 17.8. The molecule has 67 heavy (non-hydrogen) atoms. The molecular weight excluding hydrogens is 837 g/mol. The van der Waals surface area contributed by atoms with Gasteiger partial charge in [0.25, 0.3) is 0 Å². The Kier molecular flexibility index (Phi) is 14.2. The van der Waals surface area contributed by atoms with E-state index >= 15 is 0 Å². The standard InChI is InChI=1S/C57H56N4O6/c1-39(2)32-41(55(64)65)34-53(62)52(35-45-36-61(38-58-45)57(42-22-10-5-11-23-42,43-24-12-6-13-25-43)44-26-14-7-15-27-44)60(3)54(63)51(33-40-20-8-4-9-21-40)59-56(66)67-37-50-48-30-18-16-28-46(48)47-29-17-19-31-49(47)50/h4-31,36,38-39,41,50-52H,32-35,37H2,1-3H3,(H,59,66)(H,64,65)/t41-,51+,52+/m1/s1. The Morgan fingerprint density at radius 3 is 1.70 bits per heavy atom. The van der Waals surface area contributed by atoms with Crippen LogP contribution in [0.3, 0.4) is 0 Å². The van der Waals surface area contributed by atoms with Crippen LogP contribution in [0, 0.1) is 11.8 Å². The van der Waals surface area contributed by atoms with Crippen molar-refractivity contribution in [2.75, 3.05) is 13.7 Å². The van der Waals surface area contributed by atoms with Crippen molar-refractivity contribution in [1.82, 2.24) is 19.8 Å². The highest BCUT2D eigenvalue weighted by Crippen LogP contribution is 2.45. The lowest BCUT2D eigenvalue weighted by Crippen LogP contribution is -2.54. The molecule has 0 saturated carbocycles. The summed E-state index contributed by atoms with van der Waals surface area (Å²) in [5, 5.41) is 13.1. The summed E-state index contributed by atoms with van der Waals surface area (Å²) in [6, 6.07) is 53.6. The molecule has 1 aromatic heterocycles. The Labute approximate surface area is 392 Å². The first-order valence-corrected chi connectivity index (χ1v) is 22.9. The first kappa shape index (κ1) is 46.0. The zero-order valence-electron chi connectivity index (χ0n) is 38.1. The van der Waals surface area contributed by atoms with E-state index in [-0.39, 0.29) is 44.1 Å². The van der Waals surface area contributed by atoms with Crippen LogP contribution >= 0.6 is 0 Å². The van der Waals surface area contributed by atoms with E-state index in [1.54, 1.807) is 13.4 Å². The predicted molar refractivity (Wildman–Crippen MR) is 259 cm³/mol. The van der Waals surface area contributed by atoms with Crippen molar-refractivity contribution in [3.63, 3.8) is 0 Å². The van der Waals surface area contributed by atoms with Crippen LogP contribution in [-0.2, 0) is 37.5 Å². The quantitative estimate of drug-likeness (QED) is 0.0774. The molecule has 6 aromatic carbocycles. The highest BCUT2D eigenvalue weighted by molar-refractivity contribution is 5.94. The van der Waals surface area contributed by atoms with Gasteiger partial charge >= 0.3 is 12.1 Å². The van der Waals surface area contributed by atoms with E-state index in [4.69, 9.17) is 9.72 Å². The molecule has 0 unspecified atom stereocenters. The summed E-state index contributed by atoms with van der Waals surface area (Å²) in [4.78, 5) is 62.4. The van der Waals surface area contributed by atoms with Gasteiger partial charge in [0.1, 0.15) is 18.2 Å². The molecule has 1 aliphatic rings. The zero-order valence-corrected chi connectivity index (χ0v) is 38.1. The number of carbonyl (C=O) groups excluding carboxylic acids is 3. The van der Waals surface area contributed by atoms with Crippen molar-refractivity contribution >= 4 is 23.8 Å². The van der Waals surface area contributed by atoms with Gasteiger partial charge in [-0.25, -0.2) is 9.78 Å². The summed E-state index contributed by atoms with van der Waals surface area (Å²) in [7, 11) is 1.54. The summed E-state index contributed by atoms with van der Waals surface area (Å²) in [5.41, 5.74) is 7.68. The first-order chi connectivity index (χ1) is 32.5. The van der Waals surface area contributed by atoms with Crippen LogP contribution in [0.1, 0.15) is 71.7 Å². The Hall–Kier alpha value is -7.59. The van der Waals surface area contributed by atoms with E-state index in [9.17, 15) is 24.3 Å². The van der Waals surface area contributed by atoms with E-state index in [0.29, 0.717) is 5.69 Å². The summed E-state index contributed by atoms with van der Waals surface area (Å²) < 4.78 is 7.98. The number of nitrogens with zero attached hydrogens (tertiary/aromatic N) is 3. The molecule has 2 N–H and O–H groups in total. The number of aromatic nitrogens is 2. The van der Waals surface area contributed by atoms with Crippen LogP contribution in [-0.4, -0.2) is 69.0 Å². The highest BCUT2D eigenvalue weighted by atomic mass is 16.5. The maximum atomic E-state index is 15.0. The summed E-state index contributed by atoms with van der Waals surface area (Å²) in [6.45, 7) is 3.89. The van der Waals surface area contributed by atoms with Crippen LogP contribution in [0.15, 0.2) is 182 Å². The lowest BCUT2D eigenvalue weighted by atomic mass is 9.77. The maximum Gasteiger partial charge on any atom is 0.407 e. The van der Waals surface area contributed by atoms with Gasteiger partial charge in [-0.1, -0.05) is 184 Å². The zero-order chi connectivity index (χ0) is 46.9. The number of carboxylic acid groups (broad SMARTS) is 1. The number of imidazole rings is 1. The van der Waals surface area contributed by atoms with Crippen molar-refractivity contribution in [1.29, 1.82) is 0 Å². The average molecular weight is 893 g/mol. The van der Waals surface area contributed by atoms with Crippen LogP contribution in [0.2, 0.25) is 0 Å². The van der Waals surface area contributed by atoms with Crippen LogP contribution < -0.4 is 5.32 Å². The molecule has 8 rings (SSSR count). The number of ether oxygens (including phenoxy) is 1. The molecule has 0 saturated heterocycles. The number of aliphatic carboxylic acids is 1. The number of alkyl carbamates (subject to hydrolysis) is 1. The van der Waals surface area contributed by atoms with Gasteiger partial charge in [-0.05, 0) is 56.8 Å². The Morgan fingerprint density at radius 2 is 1.19 bits per heavy atom. The number of ketones is 1. The molecule has 1 aliphatic carbocycles. The minimum absolute atomic E-state index is 0.0143. The minimum Gasteiger partial charge on any atom is -0.481 e. The van der Waals surface area contributed by atoms with Crippen molar-refractivity contribution in [3.8, 4) is 11.1 Å². The van der Waals surface area contributed by atoms with Crippen molar-refractivity contribution in [2.45, 2.75) is 63.1 Å². The average Bonchev–Trinajstić information content (AvgIpc) is 3.95. The summed E-state index contributed by atoms with van der Waals surface area (Å²) in [5.74, 6) is -3.16. The van der Waals surface area contributed by atoms with Crippen LogP contribution in [0.5, 0.6) is 0 Å². The number of nitrogens with one attached hydrogen (secondary N) is 1. The van der Waals surface area contributed by atoms with Crippen LogP contribution in [0.25, 0.3) is 11.1 Å². The van der Waals surface area contributed by atoms with Gasteiger partial charge < -0.3 is 24.6 Å². The molecule has 0 radical (unpaired) electrons. The van der Waals surface area contributed by atoms with E-state index in [1.165, 1.54) is 4.90 Å². The normalized spacial score (nSPS) is 13.5.